The van der Waals surface area contributed by atoms with E-state index in [0.717, 1.165) is 0 Å². The molecule has 2 rings (SSSR count). The minimum absolute atomic E-state index is 0.0899. The quantitative estimate of drug-likeness (QED) is 0.450. The second-order valence-corrected chi connectivity index (χ2v) is 4.32. The third kappa shape index (κ3) is 1.24. The Morgan fingerprint density at radius 3 is 2.93 bits per heavy atom. The molecule has 2 heterocycles. The smallest absolute Gasteiger partial charge is 0.353 e. The molecule has 1 saturated heterocycles. The molecule has 0 bridgehead atoms. The Morgan fingerprint density at radius 1 is 1.73 bits per heavy atom. The van der Waals surface area contributed by atoms with Gasteiger partial charge in [-0.2, -0.15) is 0 Å². The third-order valence-electron chi connectivity index (χ3n) is 2.39. The van der Waals surface area contributed by atoms with E-state index in [9.17, 15) is 9.59 Å². The molecular formula is C9H8N2O3S. The van der Waals surface area contributed by atoms with Crippen molar-refractivity contribution in [2.75, 3.05) is 5.75 Å². The average molecular weight is 224 g/mol. The number of carboxylic acid groups (broad SMARTS) is 1. The first-order chi connectivity index (χ1) is 7.07. The zero-order chi connectivity index (χ0) is 11.2. The molecule has 78 valence electrons. The summed E-state index contributed by atoms with van der Waals surface area (Å²) in [5.74, 6) is 1.17. The third-order valence-corrected chi connectivity index (χ3v) is 3.69. The standard InChI is InChI=1S/C9H8N2O3S/c1-2-4-3-15-8-5(10)7(12)11(8)6(4)9(13)14/h1,5,8H,3,10H2,(H,13,14)/t5?,8-/m1/s1. The fraction of sp³-hybridized carbons (Fsp3) is 0.333. The summed E-state index contributed by atoms with van der Waals surface area (Å²) in [4.78, 5) is 23.5. The lowest BCUT2D eigenvalue weighted by Gasteiger charge is -2.47. The summed E-state index contributed by atoms with van der Waals surface area (Å²) in [5.41, 5.74) is 5.79. The molecule has 3 N–H and O–H groups in total. The lowest BCUT2D eigenvalue weighted by molar-refractivity contribution is -0.147. The monoisotopic (exact) mass is 224 g/mol. The van der Waals surface area contributed by atoms with E-state index in [2.05, 4.69) is 5.92 Å². The van der Waals surface area contributed by atoms with E-state index in [0.29, 0.717) is 11.3 Å². The number of aliphatic carboxylic acids is 1. The van der Waals surface area contributed by atoms with Gasteiger partial charge in [-0.25, -0.2) is 4.79 Å². The first-order valence-electron chi connectivity index (χ1n) is 4.21. The fourth-order valence-electron chi connectivity index (χ4n) is 1.63. The summed E-state index contributed by atoms with van der Waals surface area (Å²) in [5, 5.41) is 8.69. The van der Waals surface area contributed by atoms with Crippen LogP contribution in [0.4, 0.5) is 0 Å². The van der Waals surface area contributed by atoms with Crippen molar-refractivity contribution >= 4 is 23.6 Å². The van der Waals surface area contributed by atoms with E-state index in [1.807, 2.05) is 0 Å². The molecule has 1 amide bonds. The van der Waals surface area contributed by atoms with Gasteiger partial charge in [0.05, 0.1) is 0 Å². The first kappa shape index (κ1) is 10.1. The van der Waals surface area contributed by atoms with E-state index < -0.39 is 12.0 Å². The molecule has 2 aliphatic heterocycles. The maximum atomic E-state index is 11.4. The molecular weight excluding hydrogens is 216 g/mol. The topological polar surface area (TPSA) is 83.6 Å². The van der Waals surface area contributed by atoms with Gasteiger partial charge in [-0.1, -0.05) is 5.92 Å². The Kier molecular flexibility index (Phi) is 2.21. The van der Waals surface area contributed by atoms with E-state index in [1.165, 1.54) is 16.7 Å². The molecule has 15 heavy (non-hydrogen) atoms. The predicted octanol–water partition coefficient (Wildman–Crippen LogP) is -0.799. The number of nitrogens with two attached hydrogens (primary N) is 1. The van der Waals surface area contributed by atoms with Crippen LogP contribution in [0, 0.1) is 12.3 Å². The SMILES string of the molecule is C#CC1=C(C(=O)O)N2C(=O)C(N)[C@H]2SC1. The summed E-state index contributed by atoms with van der Waals surface area (Å²) in [6, 6.07) is -0.608. The highest BCUT2D eigenvalue weighted by Gasteiger charge is 2.51. The minimum atomic E-state index is -1.17. The van der Waals surface area contributed by atoms with Crippen LogP contribution in [0.15, 0.2) is 11.3 Å². The molecule has 0 aromatic heterocycles. The van der Waals surface area contributed by atoms with Gasteiger partial charge in [0.15, 0.2) is 0 Å². The lowest BCUT2D eigenvalue weighted by Crippen LogP contribution is -2.68. The second kappa shape index (κ2) is 3.29. The normalized spacial score (nSPS) is 29.3. The molecule has 0 saturated carbocycles. The molecule has 0 aliphatic carbocycles. The number of terminal acetylenes is 1. The highest BCUT2D eigenvalue weighted by atomic mass is 32.2. The second-order valence-electron chi connectivity index (χ2n) is 3.21. The highest BCUT2D eigenvalue weighted by Crippen LogP contribution is 2.38. The number of hydrogen-bond donors (Lipinski definition) is 2. The molecule has 2 aliphatic rings. The van der Waals surface area contributed by atoms with Crippen molar-refractivity contribution in [1.29, 1.82) is 0 Å². The number of carboxylic acids is 1. The van der Waals surface area contributed by atoms with Crippen LogP contribution in [0.5, 0.6) is 0 Å². The number of carbonyl (C=O) groups excluding carboxylic acids is 1. The number of thioether (sulfide) groups is 1. The minimum Gasteiger partial charge on any atom is -0.477 e. The van der Waals surface area contributed by atoms with Gasteiger partial charge in [-0.15, -0.1) is 18.2 Å². The van der Waals surface area contributed by atoms with Gasteiger partial charge in [0.2, 0.25) is 5.91 Å². The number of hydrogen-bond acceptors (Lipinski definition) is 4. The fourth-order valence-corrected chi connectivity index (χ4v) is 2.87. The van der Waals surface area contributed by atoms with Crippen molar-refractivity contribution < 1.29 is 14.7 Å². The molecule has 0 spiro atoms. The van der Waals surface area contributed by atoms with Crippen molar-refractivity contribution in [3.05, 3.63) is 11.3 Å². The Balaban J connectivity index is 2.43. The number of rotatable bonds is 1. The van der Waals surface area contributed by atoms with E-state index >= 15 is 0 Å². The largest absolute Gasteiger partial charge is 0.477 e. The van der Waals surface area contributed by atoms with Crippen LogP contribution < -0.4 is 5.73 Å². The zero-order valence-electron chi connectivity index (χ0n) is 7.64. The molecule has 1 fully saturated rings. The number of β-lactam (4-membered cyclic amide) rings is 1. The van der Waals surface area contributed by atoms with Crippen LogP contribution in [0.1, 0.15) is 0 Å². The Bertz CT molecular complexity index is 424. The van der Waals surface area contributed by atoms with Gasteiger partial charge in [0.1, 0.15) is 17.1 Å². The van der Waals surface area contributed by atoms with Crippen LogP contribution >= 0.6 is 11.8 Å². The molecule has 0 aromatic rings. The van der Waals surface area contributed by atoms with Gasteiger partial charge in [0, 0.05) is 11.3 Å². The predicted molar refractivity (Wildman–Crippen MR) is 54.6 cm³/mol. The summed E-state index contributed by atoms with van der Waals surface area (Å²) in [6.45, 7) is 0. The van der Waals surface area contributed by atoms with Crippen LogP contribution in [-0.4, -0.2) is 39.1 Å². The van der Waals surface area contributed by atoms with Crippen molar-refractivity contribution in [3.63, 3.8) is 0 Å². The van der Waals surface area contributed by atoms with Crippen molar-refractivity contribution in [1.82, 2.24) is 4.90 Å². The van der Waals surface area contributed by atoms with Crippen molar-refractivity contribution in [3.8, 4) is 12.3 Å². The first-order valence-corrected chi connectivity index (χ1v) is 5.26. The number of nitrogens with zero attached hydrogens (tertiary/aromatic N) is 1. The van der Waals surface area contributed by atoms with Crippen molar-refractivity contribution in [2.45, 2.75) is 11.4 Å². The molecule has 1 unspecified atom stereocenters. The maximum absolute atomic E-state index is 11.4. The molecule has 0 radical (unpaired) electrons. The molecule has 5 nitrogen and oxygen atoms in total. The van der Waals surface area contributed by atoms with E-state index in [1.54, 1.807) is 0 Å². The van der Waals surface area contributed by atoms with Gasteiger partial charge >= 0.3 is 5.97 Å². The van der Waals surface area contributed by atoms with Crippen molar-refractivity contribution in [2.24, 2.45) is 5.73 Å². The molecule has 2 atom stereocenters. The Morgan fingerprint density at radius 2 is 2.40 bits per heavy atom. The van der Waals surface area contributed by atoms with Gasteiger partial charge in [0.25, 0.3) is 0 Å². The van der Waals surface area contributed by atoms with Crippen LogP contribution in [-0.2, 0) is 9.59 Å². The van der Waals surface area contributed by atoms with Crippen LogP contribution in [0.2, 0.25) is 0 Å². The summed E-state index contributed by atoms with van der Waals surface area (Å²) in [7, 11) is 0. The Labute approximate surface area is 90.3 Å². The molecule has 0 aromatic carbocycles. The Hall–Kier alpha value is -1.45. The average Bonchev–Trinajstić information content (AvgIpc) is 2.25. The van der Waals surface area contributed by atoms with E-state index in [4.69, 9.17) is 17.3 Å². The maximum Gasteiger partial charge on any atom is 0.353 e. The van der Waals surface area contributed by atoms with Crippen LogP contribution in [0.25, 0.3) is 0 Å². The lowest BCUT2D eigenvalue weighted by atomic mass is 10.0. The zero-order valence-corrected chi connectivity index (χ0v) is 8.45. The van der Waals surface area contributed by atoms with Gasteiger partial charge < -0.3 is 10.8 Å². The van der Waals surface area contributed by atoms with Gasteiger partial charge in [-0.3, -0.25) is 9.69 Å². The van der Waals surface area contributed by atoms with E-state index in [-0.39, 0.29) is 17.0 Å². The number of amides is 1. The van der Waals surface area contributed by atoms with Gasteiger partial charge in [-0.05, 0) is 0 Å². The highest BCUT2D eigenvalue weighted by molar-refractivity contribution is 8.00. The van der Waals surface area contributed by atoms with Crippen LogP contribution in [0.3, 0.4) is 0 Å². The summed E-state index contributed by atoms with van der Waals surface area (Å²) >= 11 is 1.40. The summed E-state index contributed by atoms with van der Waals surface area (Å²) < 4.78 is 0. The number of fused-ring (bicyclic) bond motifs is 1. The number of carbonyl (C=O) groups is 2. The summed E-state index contributed by atoms with van der Waals surface area (Å²) in [6.07, 6.45) is 5.19. The molecule has 6 heteroatoms.